The predicted octanol–water partition coefficient (Wildman–Crippen LogP) is 3.51. The summed E-state index contributed by atoms with van der Waals surface area (Å²) in [5.74, 6) is 0. The van der Waals surface area contributed by atoms with Gasteiger partial charge in [-0.2, -0.15) is 0 Å². The van der Waals surface area contributed by atoms with Crippen molar-refractivity contribution in [2.24, 2.45) is 0 Å². The van der Waals surface area contributed by atoms with Gasteiger partial charge >= 0.3 is 0 Å². The second-order valence-electron chi connectivity index (χ2n) is 4.07. The summed E-state index contributed by atoms with van der Waals surface area (Å²) in [5, 5.41) is 3.56. The number of nitrogens with zero attached hydrogens (tertiary/aromatic N) is 1. The van der Waals surface area contributed by atoms with E-state index < -0.39 is 0 Å². The number of rotatable bonds is 5. The average molecular weight is 271 g/mol. The highest BCUT2D eigenvalue weighted by molar-refractivity contribution is 9.10. The molecule has 1 aromatic heterocycles. The molecular formula is C12H19BrN2. The standard InChI is InChI=1S/C12H19BrN2/c1-4-12(3,5-2)14-9-10-7-6-8-11(13)15-10/h6-8,14H,4-5,9H2,1-3H3. The van der Waals surface area contributed by atoms with Crippen LogP contribution in [0.1, 0.15) is 39.3 Å². The molecule has 0 atom stereocenters. The van der Waals surface area contributed by atoms with Gasteiger partial charge in [-0.1, -0.05) is 19.9 Å². The molecule has 0 aliphatic rings. The summed E-state index contributed by atoms with van der Waals surface area (Å²) >= 11 is 3.38. The summed E-state index contributed by atoms with van der Waals surface area (Å²) < 4.78 is 0.900. The van der Waals surface area contributed by atoms with Crippen LogP contribution in [0.15, 0.2) is 22.8 Å². The fraction of sp³-hybridized carbons (Fsp3) is 0.583. The van der Waals surface area contributed by atoms with Crippen LogP contribution in [0.25, 0.3) is 0 Å². The SMILES string of the molecule is CCC(C)(CC)NCc1cccc(Br)n1. The lowest BCUT2D eigenvalue weighted by Crippen LogP contribution is -2.40. The van der Waals surface area contributed by atoms with Crippen LogP contribution in [0.3, 0.4) is 0 Å². The van der Waals surface area contributed by atoms with Gasteiger partial charge in [0.15, 0.2) is 0 Å². The average Bonchev–Trinajstić information content (AvgIpc) is 2.26. The lowest BCUT2D eigenvalue weighted by Gasteiger charge is -2.28. The Morgan fingerprint density at radius 1 is 1.33 bits per heavy atom. The predicted molar refractivity (Wildman–Crippen MR) is 67.8 cm³/mol. The van der Waals surface area contributed by atoms with Crippen molar-refractivity contribution in [3.8, 4) is 0 Å². The molecule has 0 bridgehead atoms. The Morgan fingerprint density at radius 2 is 2.00 bits per heavy atom. The lowest BCUT2D eigenvalue weighted by molar-refractivity contribution is 0.327. The van der Waals surface area contributed by atoms with Gasteiger partial charge in [-0.15, -0.1) is 0 Å². The van der Waals surface area contributed by atoms with Crippen LogP contribution in [-0.2, 0) is 6.54 Å². The Bertz CT molecular complexity index is 308. The first-order valence-electron chi connectivity index (χ1n) is 5.46. The number of pyridine rings is 1. The molecule has 0 saturated heterocycles. The highest BCUT2D eigenvalue weighted by Crippen LogP contribution is 2.14. The Kier molecular flexibility index (Phi) is 4.74. The van der Waals surface area contributed by atoms with Crippen LogP contribution in [0.2, 0.25) is 0 Å². The van der Waals surface area contributed by atoms with Gasteiger partial charge in [0.1, 0.15) is 4.60 Å². The largest absolute Gasteiger partial charge is 0.306 e. The van der Waals surface area contributed by atoms with Gasteiger partial charge in [0.25, 0.3) is 0 Å². The molecule has 0 aliphatic heterocycles. The zero-order valence-electron chi connectivity index (χ0n) is 9.68. The second-order valence-corrected chi connectivity index (χ2v) is 4.89. The summed E-state index contributed by atoms with van der Waals surface area (Å²) in [6.45, 7) is 7.51. The smallest absolute Gasteiger partial charge is 0.106 e. The minimum atomic E-state index is 0.226. The first-order chi connectivity index (χ1) is 7.09. The van der Waals surface area contributed by atoms with Crippen LogP contribution in [-0.4, -0.2) is 10.5 Å². The molecule has 1 heterocycles. The van der Waals surface area contributed by atoms with E-state index in [9.17, 15) is 0 Å². The number of aromatic nitrogens is 1. The van der Waals surface area contributed by atoms with Crippen molar-refractivity contribution in [1.29, 1.82) is 0 Å². The normalized spacial score (nSPS) is 11.7. The minimum Gasteiger partial charge on any atom is -0.306 e. The van der Waals surface area contributed by atoms with Crippen LogP contribution in [0, 0.1) is 0 Å². The maximum Gasteiger partial charge on any atom is 0.106 e. The molecule has 1 rings (SSSR count). The van der Waals surface area contributed by atoms with Crippen molar-refractivity contribution in [2.45, 2.75) is 45.7 Å². The molecule has 3 heteroatoms. The van der Waals surface area contributed by atoms with Gasteiger partial charge in [-0.25, -0.2) is 4.98 Å². The molecule has 2 nitrogen and oxygen atoms in total. The summed E-state index contributed by atoms with van der Waals surface area (Å²) in [4.78, 5) is 4.40. The Balaban J connectivity index is 2.56. The van der Waals surface area contributed by atoms with E-state index in [1.54, 1.807) is 0 Å². The molecule has 0 radical (unpaired) electrons. The molecule has 15 heavy (non-hydrogen) atoms. The molecule has 0 saturated carbocycles. The van der Waals surface area contributed by atoms with E-state index in [1.807, 2.05) is 18.2 Å². The van der Waals surface area contributed by atoms with E-state index in [0.717, 1.165) is 29.7 Å². The maximum atomic E-state index is 4.40. The van der Waals surface area contributed by atoms with Crippen LogP contribution in [0.5, 0.6) is 0 Å². The fourth-order valence-corrected chi connectivity index (χ4v) is 1.73. The molecule has 0 fully saturated rings. The molecular weight excluding hydrogens is 252 g/mol. The van der Waals surface area contributed by atoms with Crippen molar-refractivity contribution in [1.82, 2.24) is 10.3 Å². The van der Waals surface area contributed by atoms with Gasteiger partial charge in [0.2, 0.25) is 0 Å². The van der Waals surface area contributed by atoms with E-state index in [4.69, 9.17) is 0 Å². The minimum absolute atomic E-state index is 0.226. The Hall–Kier alpha value is -0.410. The zero-order valence-corrected chi connectivity index (χ0v) is 11.3. The Morgan fingerprint density at radius 3 is 2.53 bits per heavy atom. The third-order valence-electron chi connectivity index (χ3n) is 3.03. The first-order valence-corrected chi connectivity index (χ1v) is 6.25. The fourth-order valence-electron chi connectivity index (χ4n) is 1.35. The molecule has 0 aromatic carbocycles. The summed E-state index contributed by atoms with van der Waals surface area (Å²) in [6.07, 6.45) is 2.27. The van der Waals surface area contributed by atoms with Crippen molar-refractivity contribution < 1.29 is 0 Å². The lowest BCUT2D eigenvalue weighted by atomic mass is 9.95. The topological polar surface area (TPSA) is 24.9 Å². The third-order valence-corrected chi connectivity index (χ3v) is 3.47. The van der Waals surface area contributed by atoms with Gasteiger partial charge in [-0.3, -0.25) is 0 Å². The molecule has 0 aliphatic carbocycles. The van der Waals surface area contributed by atoms with Gasteiger partial charge in [-0.05, 0) is 47.8 Å². The van der Waals surface area contributed by atoms with Crippen LogP contribution >= 0.6 is 15.9 Å². The van der Waals surface area contributed by atoms with Gasteiger partial charge in [0.05, 0.1) is 5.69 Å². The molecule has 0 spiro atoms. The van der Waals surface area contributed by atoms with Gasteiger partial charge < -0.3 is 5.32 Å². The number of hydrogen-bond acceptors (Lipinski definition) is 2. The summed E-state index contributed by atoms with van der Waals surface area (Å²) in [7, 11) is 0. The molecule has 1 N–H and O–H groups in total. The third kappa shape index (κ3) is 3.92. The van der Waals surface area contributed by atoms with Crippen molar-refractivity contribution in [3.63, 3.8) is 0 Å². The molecule has 84 valence electrons. The maximum absolute atomic E-state index is 4.40. The summed E-state index contributed by atoms with van der Waals surface area (Å²) in [6, 6.07) is 6.01. The highest BCUT2D eigenvalue weighted by Gasteiger charge is 2.18. The van der Waals surface area contributed by atoms with Crippen molar-refractivity contribution in [2.75, 3.05) is 0 Å². The van der Waals surface area contributed by atoms with E-state index in [-0.39, 0.29) is 5.54 Å². The first kappa shape index (κ1) is 12.7. The molecule has 0 amide bonds. The van der Waals surface area contributed by atoms with Crippen LogP contribution < -0.4 is 5.32 Å². The monoisotopic (exact) mass is 270 g/mol. The van der Waals surface area contributed by atoms with E-state index in [0.29, 0.717) is 0 Å². The number of nitrogens with one attached hydrogen (secondary N) is 1. The highest BCUT2D eigenvalue weighted by atomic mass is 79.9. The number of halogens is 1. The van der Waals surface area contributed by atoms with E-state index in [2.05, 4.69) is 47.0 Å². The van der Waals surface area contributed by atoms with Crippen molar-refractivity contribution >= 4 is 15.9 Å². The number of hydrogen-bond donors (Lipinski definition) is 1. The zero-order chi connectivity index (χ0) is 11.3. The quantitative estimate of drug-likeness (QED) is 0.829. The van der Waals surface area contributed by atoms with Crippen LogP contribution in [0.4, 0.5) is 0 Å². The Labute approximate surface area is 101 Å². The van der Waals surface area contributed by atoms with Gasteiger partial charge in [0, 0.05) is 12.1 Å². The molecule has 0 unspecified atom stereocenters. The second kappa shape index (κ2) is 5.61. The van der Waals surface area contributed by atoms with E-state index >= 15 is 0 Å². The molecule has 1 aromatic rings. The summed E-state index contributed by atoms with van der Waals surface area (Å²) in [5.41, 5.74) is 1.31. The van der Waals surface area contributed by atoms with E-state index in [1.165, 1.54) is 0 Å². The van der Waals surface area contributed by atoms with Crippen molar-refractivity contribution in [3.05, 3.63) is 28.5 Å².